The van der Waals surface area contributed by atoms with Crippen LogP contribution >= 0.6 is 23.5 Å². The van der Waals surface area contributed by atoms with Gasteiger partial charge < -0.3 is 9.32 Å². The van der Waals surface area contributed by atoms with Gasteiger partial charge in [-0.3, -0.25) is 0 Å². The van der Waals surface area contributed by atoms with Gasteiger partial charge >= 0.3 is 0 Å². The largest absolute Gasteiger partial charge is 0.455 e. The number of hydrogen-bond donors (Lipinski definition) is 0. The van der Waals surface area contributed by atoms with E-state index in [-0.39, 0.29) is 0 Å². The molecule has 0 bridgehead atoms. The monoisotopic (exact) mass is 763 g/mol. The third-order valence-electron chi connectivity index (χ3n) is 11.8. The van der Waals surface area contributed by atoms with Crippen LogP contribution in [-0.4, -0.2) is 0 Å². The standard InChI is InChI=1S/C53H33NOS2/c1-2-13-34(14-3-1)35-25-27-36(28-26-35)54(46-20-12-16-40-38(46)30-31-41-39-15-4-8-21-47(39)55-52(40)41)37-29-32-51-45(33-37)53(44-19-7-11-24-50(44)57-51)42-17-5-9-22-48(42)56-49-23-10-6-18-43(49)53/h1-33H. The first-order chi connectivity index (χ1) is 28.3. The molecule has 0 aliphatic carbocycles. The van der Waals surface area contributed by atoms with Crippen LogP contribution in [0.3, 0.4) is 0 Å². The van der Waals surface area contributed by atoms with Gasteiger partial charge in [0, 0.05) is 52.5 Å². The van der Waals surface area contributed by atoms with Crippen LogP contribution in [0.4, 0.5) is 17.1 Å². The predicted molar refractivity (Wildman–Crippen MR) is 238 cm³/mol. The van der Waals surface area contributed by atoms with Crippen molar-refractivity contribution in [1.82, 2.24) is 0 Å². The summed E-state index contributed by atoms with van der Waals surface area (Å²) in [5.74, 6) is 0. The molecule has 12 rings (SSSR count). The molecule has 2 aliphatic rings. The van der Waals surface area contributed by atoms with Crippen LogP contribution < -0.4 is 4.90 Å². The van der Waals surface area contributed by atoms with E-state index >= 15 is 0 Å². The van der Waals surface area contributed by atoms with Crippen molar-refractivity contribution < 1.29 is 4.42 Å². The first kappa shape index (κ1) is 32.8. The summed E-state index contributed by atoms with van der Waals surface area (Å²) in [4.78, 5) is 7.61. The number of benzene rings is 9. The van der Waals surface area contributed by atoms with Crippen molar-refractivity contribution in [3.63, 3.8) is 0 Å². The summed E-state index contributed by atoms with van der Waals surface area (Å²) in [7, 11) is 0. The van der Waals surface area contributed by atoms with Crippen LogP contribution in [0.2, 0.25) is 0 Å². The molecule has 0 amide bonds. The molecule has 3 heterocycles. The highest BCUT2D eigenvalue weighted by molar-refractivity contribution is 8.00. The van der Waals surface area contributed by atoms with Gasteiger partial charge in [-0.25, -0.2) is 0 Å². The van der Waals surface area contributed by atoms with Crippen molar-refractivity contribution in [2.45, 2.75) is 25.0 Å². The van der Waals surface area contributed by atoms with Crippen molar-refractivity contribution in [1.29, 1.82) is 0 Å². The van der Waals surface area contributed by atoms with Crippen molar-refractivity contribution in [2.24, 2.45) is 0 Å². The molecular weight excluding hydrogens is 731 g/mol. The Balaban J connectivity index is 1.13. The van der Waals surface area contributed by atoms with Gasteiger partial charge in [0.15, 0.2) is 0 Å². The quantitative estimate of drug-likeness (QED) is 0.177. The lowest BCUT2D eigenvalue weighted by atomic mass is 9.64. The van der Waals surface area contributed by atoms with E-state index < -0.39 is 5.41 Å². The summed E-state index contributed by atoms with van der Waals surface area (Å²) in [6, 6.07) is 73.3. The van der Waals surface area contributed by atoms with Crippen molar-refractivity contribution in [2.75, 3.05) is 4.90 Å². The van der Waals surface area contributed by atoms with E-state index in [1.165, 1.54) is 53.0 Å². The zero-order valence-corrected chi connectivity index (χ0v) is 32.4. The Bertz CT molecular complexity index is 3100. The summed E-state index contributed by atoms with van der Waals surface area (Å²) in [6.45, 7) is 0. The second-order valence-electron chi connectivity index (χ2n) is 14.8. The van der Waals surface area contributed by atoms with Gasteiger partial charge in [0.25, 0.3) is 0 Å². The van der Waals surface area contributed by atoms with E-state index in [1.807, 2.05) is 29.6 Å². The van der Waals surface area contributed by atoms with Crippen LogP contribution in [0.1, 0.15) is 22.3 Å². The minimum Gasteiger partial charge on any atom is -0.455 e. The van der Waals surface area contributed by atoms with E-state index in [0.717, 1.165) is 49.8 Å². The Morgan fingerprint density at radius 3 is 1.60 bits per heavy atom. The molecule has 9 aromatic carbocycles. The molecule has 0 radical (unpaired) electrons. The maximum atomic E-state index is 6.60. The third kappa shape index (κ3) is 4.88. The molecule has 10 aromatic rings. The van der Waals surface area contributed by atoms with Gasteiger partial charge in [0.05, 0.1) is 11.1 Å². The number of hydrogen-bond acceptors (Lipinski definition) is 4. The second kappa shape index (κ2) is 12.8. The highest BCUT2D eigenvalue weighted by Gasteiger charge is 2.48. The molecule has 0 N–H and O–H groups in total. The minimum absolute atomic E-state index is 0.506. The molecule has 1 spiro atoms. The summed E-state index contributed by atoms with van der Waals surface area (Å²) in [5, 5.41) is 4.50. The number of furan rings is 1. The Morgan fingerprint density at radius 1 is 0.368 bits per heavy atom. The molecule has 2 aliphatic heterocycles. The molecule has 4 heteroatoms. The van der Waals surface area contributed by atoms with Crippen molar-refractivity contribution in [3.8, 4) is 11.1 Å². The molecular formula is C53H33NOS2. The maximum Gasteiger partial charge on any atom is 0.143 e. The highest BCUT2D eigenvalue weighted by atomic mass is 32.2. The molecule has 1 aromatic heterocycles. The second-order valence-corrected chi connectivity index (χ2v) is 17.0. The number of fused-ring (bicyclic) bond motifs is 13. The Kier molecular flexibility index (Phi) is 7.35. The number of rotatable bonds is 4. The fourth-order valence-corrected chi connectivity index (χ4v) is 11.7. The Hall–Kier alpha value is -6.46. The van der Waals surface area contributed by atoms with E-state index in [1.54, 1.807) is 0 Å². The smallest absolute Gasteiger partial charge is 0.143 e. The average Bonchev–Trinajstić information content (AvgIpc) is 3.67. The fraction of sp³-hybridized carbons (Fsp3) is 0.0189. The lowest BCUT2D eigenvalue weighted by molar-refractivity contribution is 0.667. The molecule has 0 unspecified atom stereocenters. The number of nitrogens with zero attached hydrogens (tertiary/aromatic N) is 1. The highest BCUT2D eigenvalue weighted by Crippen LogP contribution is 2.62. The molecule has 57 heavy (non-hydrogen) atoms. The van der Waals surface area contributed by atoms with Crippen molar-refractivity contribution >= 4 is 73.3 Å². The van der Waals surface area contributed by atoms with Gasteiger partial charge in [0.1, 0.15) is 11.2 Å². The van der Waals surface area contributed by atoms with Gasteiger partial charge in [-0.15, -0.1) is 0 Å². The number of anilines is 3. The fourth-order valence-electron chi connectivity index (χ4n) is 9.32. The molecule has 0 saturated heterocycles. The van der Waals surface area contributed by atoms with E-state index in [0.29, 0.717) is 0 Å². The van der Waals surface area contributed by atoms with Crippen LogP contribution in [0.5, 0.6) is 0 Å². The van der Waals surface area contributed by atoms with Crippen molar-refractivity contribution in [3.05, 3.63) is 222 Å². The van der Waals surface area contributed by atoms with Gasteiger partial charge in [0.2, 0.25) is 0 Å². The summed E-state index contributed by atoms with van der Waals surface area (Å²) in [5.41, 5.74) is 12.3. The van der Waals surface area contributed by atoms with Crippen LogP contribution in [0, 0.1) is 0 Å². The van der Waals surface area contributed by atoms with Gasteiger partial charge in [-0.2, -0.15) is 0 Å². The van der Waals surface area contributed by atoms with Crippen LogP contribution in [0.25, 0.3) is 43.8 Å². The summed E-state index contributed by atoms with van der Waals surface area (Å²) >= 11 is 3.76. The third-order valence-corrected chi connectivity index (χ3v) is 14.1. The van der Waals surface area contributed by atoms with Gasteiger partial charge in [-0.05, 0) is 100 Å². The maximum absolute atomic E-state index is 6.60. The minimum atomic E-state index is -0.506. The van der Waals surface area contributed by atoms with Crippen LogP contribution in [-0.2, 0) is 5.41 Å². The average molecular weight is 764 g/mol. The van der Waals surface area contributed by atoms with E-state index in [4.69, 9.17) is 4.42 Å². The lowest BCUT2D eigenvalue weighted by Crippen LogP contribution is -2.36. The Labute approximate surface area is 339 Å². The van der Waals surface area contributed by atoms with Gasteiger partial charge in [-0.1, -0.05) is 157 Å². The number of para-hydroxylation sites is 1. The van der Waals surface area contributed by atoms with Crippen LogP contribution in [0.15, 0.2) is 224 Å². The normalized spacial score (nSPS) is 13.6. The zero-order valence-electron chi connectivity index (χ0n) is 30.7. The summed E-state index contributed by atoms with van der Waals surface area (Å²) < 4.78 is 6.60. The molecule has 2 nitrogen and oxygen atoms in total. The Morgan fingerprint density at radius 2 is 0.895 bits per heavy atom. The zero-order chi connectivity index (χ0) is 37.5. The molecule has 268 valence electrons. The molecule has 0 fully saturated rings. The first-order valence-corrected chi connectivity index (χ1v) is 21.0. The summed E-state index contributed by atoms with van der Waals surface area (Å²) in [6.07, 6.45) is 0. The topological polar surface area (TPSA) is 16.4 Å². The SMILES string of the molecule is c1ccc(-c2ccc(N(c3ccc4c(c3)C3(c5ccccc5Sc5ccccc53)c3ccccc3S4)c3cccc4c3ccc3c5ccccc5oc43)cc2)cc1. The van der Waals surface area contributed by atoms with E-state index in [9.17, 15) is 0 Å². The first-order valence-electron chi connectivity index (χ1n) is 19.3. The van der Waals surface area contributed by atoms with E-state index in [2.05, 4.69) is 199 Å². The molecule has 0 atom stereocenters. The lowest BCUT2D eigenvalue weighted by Gasteiger charge is -2.46. The molecule has 0 saturated carbocycles. The predicted octanol–water partition coefficient (Wildman–Crippen LogP) is 15.2.